The number of ether oxygens (including phenoxy) is 1. The minimum Gasteiger partial charge on any atom is -0.444 e. The molecule has 0 aromatic carbocycles. The molecule has 1 aromatic heterocycles. The number of carbonyl (C=O) groups excluding carboxylic acids is 1. The maximum Gasteiger partial charge on any atom is 0.413 e. The number of hydrogen-bond donors (Lipinski definition) is 1. The lowest BCUT2D eigenvalue weighted by atomic mass is 10.2. The van der Waals surface area contributed by atoms with Crippen LogP contribution in [0.1, 0.15) is 40.0 Å². The van der Waals surface area contributed by atoms with Crippen LogP contribution in [0.15, 0.2) is 12.3 Å². The lowest BCUT2D eigenvalue weighted by molar-refractivity contribution is 0.0635. The molecule has 0 saturated heterocycles. The Morgan fingerprint density at radius 3 is 2.89 bits per heavy atom. The Balaban J connectivity index is 2.38. The summed E-state index contributed by atoms with van der Waals surface area (Å²) < 4.78 is 6.87. The molecule has 1 amide bonds. The topological polar surface area (TPSA) is 79.9 Å². The predicted octanol–water partition coefficient (Wildman–Crippen LogP) is 2.92. The second-order valence-electron chi connectivity index (χ2n) is 5.21. The molecule has 0 radical (unpaired) electrons. The number of aryl methyl sites for hydroxylation is 1. The van der Waals surface area contributed by atoms with Gasteiger partial charge in [0.2, 0.25) is 0 Å². The van der Waals surface area contributed by atoms with E-state index in [0.717, 1.165) is 19.4 Å². The summed E-state index contributed by atoms with van der Waals surface area (Å²) in [5.74, 6) is 0.467. The fourth-order valence-corrected chi connectivity index (χ4v) is 1.44. The van der Waals surface area contributed by atoms with Crippen molar-refractivity contribution in [2.24, 2.45) is 0 Å². The first-order valence-corrected chi connectivity index (χ1v) is 6.31. The largest absolute Gasteiger partial charge is 0.444 e. The molecule has 19 heavy (non-hydrogen) atoms. The van der Waals surface area contributed by atoms with Gasteiger partial charge in [0.05, 0.1) is 6.07 Å². The third kappa shape index (κ3) is 6.46. The summed E-state index contributed by atoms with van der Waals surface area (Å²) in [5, 5.41) is 15.2. The maximum absolute atomic E-state index is 11.5. The normalized spacial score (nSPS) is 10.8. The van der Waals surface area contributed by atoms with E-state index in [2.05, 4.69) is 16.5 Å². The number of nitrogens with one attached hydrogen (secondary N) is 1. The number of amides is 1. The molecular weight excluding hydrogens is 244 g/mol. The van der Waals surface area contributed by atoms with E-state index in [9.17, 15) is 4.79 Å². The van der Waals surface area contributed by atoms with Crippen LogP contribution in [0.2, 0.25) is 0 Å². The molecule has 0 aliphatic rings. The number of unbranched alkanes of at least 4 members (excludes halogenated alkanes) is 2. The molecule has 0 atom stereocenters. The van der Waals surface area contributed by atoms with Gasteiger partial charge >= 0.3 is 6.09 Å². The van der Waals surface area contributed by atoms with Gasteiger partial charge in [0.15, 0.2) is 5.82 Å². The Morgan fingerprint density at radius 2 is 2.26 bits per heavy atom. The summed E-state index contributed by atoms with van der Waals surface area (Å²) in [4.78, 5) is 11.5. The summed E-state index contributed by atoms with van der Waals surface area (Å²) in [6, 6.07) is 3.82. The van der Waals surface area contributed by atoms with Gasteiger partial charge in [0, 0.05) is 25.2 Å². The molecule has 0 aliphatic carbocycles. The van der Waals surface area contributed by atoms with E-state index in [1.54, 1.807) is 37.7 Å². The minimum absolute atomic E-state index is 0.467. The van der Waals surface area contributed by atoms with E-state index in [1.807, 2.05) is 0 Å². The number of nitrogens with zero attached hydrogens (tertiary/aromatic N) is 3. The van der Waals surface area contributed by atoms with Crippen LogP contribution in [0.5, 0.6) is 0 Å². The molecule has 0 bridgehead atoms. The van der Waals surface area contributed by atoms with Crippen LogP contribution in [0.4, 0.5) is 10.6 Å². The molecule has 1 heterocycles. The Labute approximate surface area is 113 Å². The van der Waals surface area contributed by atoms with Gasteiger partial charge in [-0.25, -0.2) is 4.79 Å². The first kappa shape index (κ1) is 15.0. The molecule has 0 fully saturated rings. The van der Waals surface area contributed by atoms with E-state index < -0.39 is 11.7 Å². The average molecular weight is 264 g/mol. The van der Waals surface area contributed by atoms with Crippen LogP contribution in [-0.4, -0.2) is 21.5 Å². The highest BCUT2D eigenvalue weighted by molar-refractivity contribution is 5.83. The number of carbonyl (C=O) groups is 1. The van der Waals surface area contributed by atoms with Crippen molar-refractivity contribution in [2.45, 2.75) is 52.2 Å². The summed E-state index contributed by atoms with van der Waals surface area (Å²) >= 11 is 0. The van der Waals surface area contributed by atoms with Crippen LogP contribution in [0.25, 0.3) is 0 Å². The molecule has 0 aliphatic heterocycles. The van der Waals surface area contributed by atoms with Crippen molar-refractivity contribution >= 4 is 11.9 Å². The Kier molecular flexibility index (Phi) is 5.37. The Bertz CT molecular complexity index is 454. The van der Waals surface area contributed by atoms with Gasteiger partial charge in [-0.2, -0.15) is 10.4 Å². The monoisotopic (exact) mass is 264 g/mol. The van der Waals surface area contributed by atoms with Crippen molar-refractivity contribution in [2.75, 3.05) is 5.32 Å². The zero-order valence-electron chi connectivity index (χ0n) is 11.6. The highest BCUT2D eigenvalue weighted by Gasteiger charge is 2.16. The van der Waals surface area contributed by atoms with Crippen LogP contribution in [0, 0.1) is 11.3 Å². The molecule has 6 nitrogen and oxygen atoms in total. The van der Waals surface area contributed by atoms with Gasteiger partial charge in [0.25, 0.3) is 0 Å². The van der Waals surface area contributed by atoms with Gasteiger partial charge in [-0.05, 0) is 33.6 Å². The van der Waals surface area contributed by atoms with Crippen molar-refractivity contribution < 1.29 is 9.53 Å². The number of anilines is 1. The standard InChI is InChI=1S/C13H20N4O2/c1-13(2,3)19-12(18)15-11-7-10-17(16-11)9-6-4-5-8-14/h7,10H,4-6,9H2,1-3H3,(H,15,16,18). The first-order chi connectivity index (χ1) is 8.90. The summed E-state index contributed by atoms with van der Waals surface area (Å²) in [7, 11) is 0. The quantitative estimate of drug-likeness (QED) is 0.829. The molecule has 1 N–H and O–H groups in total. The van der Waals surface area contributed by atoms with Gasteiger partial charge in [-0.15, -0.1) is 0 Å². The SMILES string of the molecule is CC(C)(C)OC(=O)Nc1ccn(CCCCC#N)n1. The summed E-state index contributed by atoms with van der Waals surface area (Å²) in [5.41, 5.74) is -0.524. The van der Waals surface area contributed by atoms with E-state index in [0.29, 0.717) is 12.2 Å². The summed E-state index contributed by atoms with van der Waals surface area (Å²) in [6.45, 7) is 6.15. The van der Waals surface area contributed by atoms with Crippen LogP contribution in [-0.2, 0) is 11.3 Å². The molecule has 104 valence electrons. The van der Waals surface area contributed by atoms with Crippen LogP contribution in [0.3, 0.4) is 0 Å². The lowest BCUT2D eigenvalue weighted by Crippen LogP contribution is -2.27. The third-order valence-corrected chi connectivity index (χ3v) is 2.20. The Morgan fingerprint density at radius 1 is 1.53 bits per heavy atom. The maximum atomic E-state index is 11.5. The average Bonchev–Trinajstić information content (AvgIpc) is 2.69. The number of hydrogen-bond acceptors (Lipinski definition) is 4. The zero-order valence-corrected chi connectivity index (χ0v) is 11.6. The fourth-order valence-electron chi connectivity index (χ4n) is 1.44. The van der Waals surface area contributed by atoms with Crippen molar-refractivity contribution in [1.29, 1.82) is 5.26 Å². The highest BCUT2D eigenvalue weighted by Crippen LogP contribution is 2.10. The number of nitriles is 1. The molecule has 0 saturated carbocycles. The van der Waals surface area contributed by atoms with Crippen molar-refractivity contribution in [3.8, 4) is 6.07 Å². The third-order valence-electron chi connectivity index (χ3n) is 2.20. The van der Waals surface area contributed by atoms with E-state index in [1.165, 1.54) is 0 Å². The molecule has 6 heteroatoms. The van der Waals surface area contributed by atoms with Gasteiger partial charge in [0.1, 0.15) is 5.60 Å². The Hall–Kier alpha value is -2.03. The van der Waals surface area contributed by atoms with Crippen LogP contribution < -0.4 is 5.32 Å². The zero-order chi connectivity index (χ0) is 14.3. The van der Waals surface area contributed by atoms with Crippen molar-refractivity contribution in [3.05, 3.63) is 12.3 Å². The van der Waals surface area contributed by atoms with Gasteiger partial charge in [-0.1, -0.05) is 0 Å². The fraction of sp³-hybridized carbons (Fsp3) is 0.615. The molecule has 1 aromatic rings. The summed E-state index contributed by atoms with van der Waals surface area (Å²) in [6.07, 6.45) is 3.58. The molecule has 1 rings (SSSR count). The molecule has 0 unspecified atom stereocenters. The smallest absolute Gasteiger partial charge is 0.413 e. The first-order valence-electron chi connectivity index (χ1n) is 6.31. The minimum atomic E-state index is -0.524. The second-order valence-corrected chi connectivity index (χ2v) is 5.21. The van der Waals surface area contributed by atoms with Crippen molar-refractivity contribution in [1.82, 2.24) is 9.78 Å². The van der Waals surface area contributed by atoms with E-state index in [-0.39, 0.29) is 0 Å². The number of aromatic nitrogens is 2. The lowest BCUT2D eigenvalue weighted by Gasteiger charge is -2.19. The predicted molar refractivity (Wildman–Crippen MR) is 71.5 cm³/mol. The van der Waals surface area contributed by atoms with Gasteiger partial charge < -0.3 is 4.74 Å². The molecular formula is C13H20N4O2. The van der Waals surface area contributed by atoms with E-state index in [4.69, 9.17) is 10.00 Å². The van der Waals surface area contributed by atoms with Crippen LogP contribution >= 0.6 is 0 Å². The van der Waals surface area contributed by atoms with Gasteiger partial charge in [-0.3, -0.25) is 10.00 Å². The van der Waals surface area contributed by atoms with E-state index >= 15 is 0 Å². The highest BCUT2D eigenvalue weighted by atomic mass is 16.6. The van der Waals surface area contributed by atoms with Crippen molar-refractivity contribution in [3.63, 3.8) is 0 Å². The molecule has 0 spiro atoms. The number of rotatable bonds is 5. The second kappa shape index (κ2) is 6.78.